The average molecular weight is 275 g/mol. The Hall–Kier alpha value is -1.35. The first-order valence-electron chi connectivity index (χ1n) is 7.60. The number of nitrogens with zero attached hydrogens (tertiary/aromatic N) is 1. The lowest BCUT2D eigenvalue weighted by molar-refractivity contribution is -0.151. The minimum absolute atomic E-state index is 0.131. The second-order valence-corrected chi connectivity index (χ2v) is 5.80. The second-order valence-electron chi connectivity index (χ2n) is 5.80. The van der Waals surface area contributed by atoms with E-state index in [4.69, 9.17) is 4.74 Å². The molecule has 0 N–H and O–H groups in total. The van der Waals surface area contributed by atoms with E-state index in [-0.39, 0.29) is 12.0 Å². The number of carbonyl (C=O) groups excluding carboxylic acids is 1. The summed E-state index contributed by atoms with van der Waals surface area (Å²) in [6, 6.07) is 10.0. The molecule has 1 aromatic carbocycles. The highest BCUT2D eigenvalue weighted by Crippen LogP contribution is 2.34. The van der Waals surface area contributed by atoms with Crippen LogP contribution in [-0.4, -0.2) is 30.1 Å². The predicted molar refractivity (Wildman–Crippen MR) is 80.4 cm³/mol. The molecular formula is C17H25NO2. The van der Waals surface area contributed by atoms with Gasteiger partial charge in [0.25, 0.3) is 0 Å². The number of hydrogen-bond donors (Lipinski definition) is 0. The minimum Gasteiger partial charge on any atom is -0.465 e. The van der Waals surface area contributed by atoms with Crippen LogP contribution in [0.4, 0.5) is 0 Å². The van der Waals surface area contributed by atoms with E-state index in [1.54, 1.807) is 0 Å². The van der Waals surface area contributed by atoms with Crippen molar-refractivity contribution in [3.05, 3.63) is 35.9 Å². The quantitative estimate of drug-likeness (QED) is 0.714. The van der Waals surface area contributed by atoms with Crippen LogP contribution in [0.3, 0.4) is 0 Å². The Bertz CT molecular complexity index is 426. The summed E-state index contributed by atoms with van der Waals surface area (Å²) in [5, 5.41) is 0. The molecule has 3 nitrogen and oxygen atoms in total. The summed E-state index contributed by atoms with van der Waals surface area (Å²) < 4.78 is 5.31. The molecular weight excluding hydrogens is 250 g/mol. The van der Waals surface area contributed by atoms with Gasteiger partial charge in [0, 0.05) is 12.6 Å². The van der Waals surface area contributed by atoms with Crippen LogP contribution in [0, 0.1) is 5.92 Å². The van der Waals surface area contributed by atoms with E-state index >= 15 is 0 Å². The number of benzene rings is 1. The molecule has 0 saturated heterocycles. The Morgan fingerprint density at radius 2 is 1.95 bits per heavy atom. The first-order valence-corrected chi connectivity index (χ1v) is 7.60. The zero-order valence-corrected chi connectivity index (χ0v) is 12.7. The predicted octanol–water partition coefficient (Wildman–Crippen LogP) is 3.41. The summed E-state index contributed by atoms with van der Waals surface area (Å²) in [6.45, 7) is 7.57. The fraction of sp³-hybridized carbons (Fsp3) is 0.588. The maximum atomic E-state index is 12.4. The number of rotatable bonds is 7. The molecule has 0 heterocycles. The van der Waals surface area contributed by atoms with Gasteiger partial charge in [0.15, 0.2) is 0 Å². The smallest absolute Gasteiger partial charge is 0.328 e. The van der Waals surface area contributed by atoms with Crippen molar-refractivity contribution in [3.8, 4) is 0 Å². The Morgan fingerprint density at radius 1 is 1.30 bits per heavy atom. The van der Waals surface area contributed by atoms with Crippen LogP contribution in [0.5, 0.6) is 0 Å². The standard InChI is InChI=1S/C17H25NO2/c1-4-20-17(19)16(15-8-6-5-7-9-15)18(13(2)3)12-14-10-11-14/h5-9,13-14,16H,4,10-12H2,1-3H3. The highest BCUT2D eigenvalue weighted by Gasteiger charge is 2.34. The summed E-state index contributed by atoms with van der Waals surface area (Å²) in [6.07, 6.45) is 2.57. The molecule has 1 fully saturated rings. The Kier molecular flexibility index (Phi) is 5.18. The molecule has 1 unspecified atom stereocenters. The molecule has 0 radical (unpaired) electrons. The fourth-order valence-corrected chi connectivity index (χ4v) is 2.53. The van der Waals surface area contributed by atoms with Crippen LogP contribution in [0.2, 0.25) is 0 Å². The first-order chi connectivity index (χ1) is 9.63. The van der Waals surface area contributed by atoms with Crippen LogP contribution in [0.25, 0.3) is 0 Å². The van der Waals surface area contributed by atoms with Crippen molar-refractivity contribution < 1.29 is 9.53 Å². The van der Waals surface area contributed by atoms with Crippen molar-refractivity contribution in [2.24, 2.45) is 5.92 Å². The van der Waals surface area contributed by atoms with Gasteiger partial charge in [0.2, 0.25) is 0 Å². The van der Waals surface area contributed by atoms with Crippen molar-refractivity contribution in [3.63, 3.8) is 0 Å². The third-order valence-corrected chi connectivity index (χ3v) is 3.79. The van der Waals surface area contributed by atoms with E-state index in [0.29, 0.717) is 12.6 Å². The van der Waals surface area contributed by atoms with E-state index in [0.717, 1.165) is 18.0 Å². The largest absolute Gasteiger partial charge is 0.465 e. The van der Waals surface area contributed by atoms with Gasteiger partial charge in [0.1, 0.15) is 6.04 Å². The van der Waals surface area contributed by atoms with E-state index in [9.17, 15) is 4.79 Å². The van der Waals surface area contributed by atoms with Gasteiger partial charge >= 0.3 is 5.97 Å². The molecule has 110 valence electrons. The molecule has 1 saturated carbocycles. The van der Waals surface area contributed by atoms with Crippen molar-refractivity contribution in [2.45, 2.75) is 45.7 Å². The lowest BCUT2D eigenvalue weighted by Crippen LogP contribution is -2.41. The molecule has 0 spiro atoms. The summed E-state index contributed by atoms with van der Waals surface area (Å²) >= 11 is 0. The topological polar surface area (TPSA) is 29.5 Å². The molecule has 1 aliphatic rings. The third kappa shape index (κ3) is 3.83. The highest BCUT2D eigenvalue weighted by atomic mass is 16.5. The van der Waals surface area contributed by atoms with Gasteiger partial charge in [-0.15, -0.1) is 0 Å². The Balaban J connectivity index is 2.25. The van der Waals surface area contributed by atoms with Crippen LogP contribution in [0.15, 0.2) is 30.3 Å². The molecule has 2 rings (SSSR count). The van der Waals surface area contributed by atoms with Gasteiger partial charge in [-0.05, 0) is 45.1 Å². The van der Waals surface area contributed by atoms with E-state index in [1.165, 1.54) is 12.8 Å². The van der Waals surface area contributed by atoms with Crippen LogP contribution in [0.1, 0.15) is 45.2 Å². The molecule has 1 aliphatic carbocycles. The lowest BCUT2D eigenvalue weighted by atomic mass is 10.0. The molecule has 20 heavy (non-hydrogen) atoms. The van der Waals surface area contributed by atoms with Gasteiger partial charge in [0.05, 0.1) is 6.61 Å². The van der Waals surface area contributed by atoms with Gasteiger partial charge in [-0.2, -0.15) is 0 Å². The van der Waals surface area contributed by atoms with Crippen molar-refractivity contribution >= 4 is 5.97 Å². The molecule has 0 amide bonds. The minimum atomic E-state index is -0.281. The monoisotopic (exact) mass is 275 g/mol. The molecule has 0 aromatic heterocycles. The van der Waals surface area contributed by atoms with Crippen molar-refractivity contribution in [1.82, 2.24) is 4.90 Å². The van der Waals surface area contributed by atoms with Crippen LogP contribution in [-0.2, 0) is 9.53 Å². The number of ether oxygens (including phenoxy) is 1. The van der Waals surface area contributed by atoms with E-state index in [2.05, 4.69) is 18.7 Å². The zero-order chi connectivity index (χ0) is 14.5. The molecule has 1 atom stereocenters. The number of hydrogen-bond acceptors (Lipinski definition) is 3. The Labute approximate surface area is 121 Å². The van der Waals surface area contributed by atoms with Gasteiger partial charge in [-0.25, -0.2) is 4.79 Å². The highest BCUT2D eigenvalue weighted by molar-refractivity contribution is 5.77. The van der Waals surface area contributed by atoms with Gasteiger partial charge in [-0.1, -0.05) is 30.3 Å². The van der Waals surface area contributed by atoms with Crippen LogP contribution < -0.4 is 0 Å². The summed E-state index contributed by atoms with van der Waals surface area (Å²) in [5.74, 6) is 0.617. The molecule has 1 aromatic rings. The van der Waals surface area contributed by atoms with Gasteiger partial charge in [-0.3, -0.25) is 4.90 Å². The normalized spacial score (nSPS) is 16.4. The van der Waals surface area contributed by atoms with Crippen molar-refractivity contribution in [2.75, 3.05) is 13.2 Å². The number of carbonyl (C=O) groups is 1. The molecule has 3 heteroatoms. The molecule has 0 aliphatic heterocycles. The summed E-state index contributed by atoms with van der Waals surface area (Å²) in [4.78, 5) is 14.7. The van der Waals surface area contributed by atoms with Gasteiger partial charge < -0.3 is 4.74 Å². The molecule has 0 bridgehead atoms. The SMILES string of the molecule is CCOC(=O)C(c1ccccc1)N(CC1CC1)C(C)C. The van der Waals surface area contributed by atoms with Crippen LogP contribution >= 0.6 is 0 Å². The fourth-order valence-electron chi connectivity index (χ4n) is 2.53. The zero-order valence-electron chi connectivity index (χ0n) is 12.7. The summed E-state index contributed by atoms with van der Waals surface area (Å²) in [7, 11) is 0. The first kappa shape index (κ1) is 15.0. The third-order valence-electron chi connectivity index (χ3n) is 3.79. The maximum absolute atomic E-state index is 12.4. The number of esters is 1. The average Bonchev–Trinajstić information content (AvgIpc) is 3.23. The van der Waals surface area contributed by atoms with E-state index in [1.807, 2.05) is 37.3 Å². The maximum Gasteiger partial charge on any atom is 0.328 e. The second kappa shape index (κ2) is 6.89. The van der Waals surface area contributed by atoms with Crippen molar-refractivity contribution in [1.29, 1.82) is 0 Å². The lowest BCUT2D eigenvalue weighted by Gasteiger charge is -2.33. The van der Waals surface area contributed by atoms with E-state index < -0.39 is 0 Å². The summed E-state index contributed by atoms with van der Waals surface area (Å²) in [5.41, 5.74) is 1.03. The Morgan fingerprint density at radius 3 is 2.45 bits per heavy atom.